The summed E-state index contributed by atoms with van der Waals surface area (Å²) in [5, 5.41) is 0.740. The van der Waals surface area contributed by atoms with Crippen molar-refractivity contribution in [3.8, 4) is 11.5 Å². The van der Waals surface area contributed by atoms with Crippen LogP contribution in [0.15, 0.2) is 34.7 Å². The SMILES string of the molecule is CC(=COCCCCOc1c(Cl)cc(OCC=C(Cl)Cl)cc1Cl)NOC(C)C. The Balaban J connectivity index is 2.31. The molecule has 0 spiro atoms. The third-order valence-electron chi connectivity index (χ3n) is 3.08. The van der Waals surface area contributed by atoms with Crippen molar-refractivity contribution in [1.29, 1.82) is 0 Å². The van der Waals surface area contributed by atoms with E-state index >= 15 is 0 Å². The molecule has 1 aromatic carbocycles. The Morgan fingerprint density at radius 2 is 1.71 bits per heavy atom. The van der Waals surface area contributed by atoms with Crippen LogP contribution in [0.5, 0.6) is 11.5 Å². The summed E-state index contributed by atoms with van der Waals surface area (Å²) < 4.78 is 16.7. The summed E-state index contributed by atoms with van der Waals surface area (Å²) in [6, 6.07) is 3.25. The fourth-order valence-electron chi connectivity index (χ4n) is 1.84. The smallest absolute Gasteiger partial charge is 0.156 e. The fourth-order valence-corrected chi connectivity index (χ4v) is 2.54. The molecule has 0 saturated carbocycles. The standard InChI is InChI=1S/C19H25Cl4NO4/c1-13(2)28-24-14(3)12-25-7-4-5-8-27-19-16(20)10-15(11-17(19)21)26-9-6-18(22)23/h6,10-13,24H,4-5,7-9H2,1-3H3. The van der Waals surface area contributed by atoms with Crippen molar-refractivity contribution in [3.05, 3.63) is 44.7 Å². The van der Waals surface area contributed by atoms with Gasteiger partial charge in [0.05, 0.1) is 35.1 Å². The number of nitrogens with one attached hydrogen (secondary N) is 1. The van der Waals surface area contributed by atoms with E-state index in [0.717, 1.165) is 18.5 Å². The predicted octanol–water partition coefficient (Wildman–Crippen LogP) is 6.66. The molecule has 5 nitrogen and oxygen atoms in total. The lowest BCUT2D eigenvalue weighted by Crippen LogP contribution is -2.17. The zero-order valence-electron chi connectivity index (χ0n) is 16.1. The highest BCUT2D eigenvalue weighted by molar-refractivity contribution is 6.55. The Kier molecular flexibility index (Phi) is 12.6. The minimum Gasteiger partial charge on any atom is -0.499 e. The van der Waals surface area contributed by atoms with E-state index < -0.39 is 0 Å². The number of ether oxygens (including phenoxy) is 3. The van der Waals surface area contributed by atoms with Crippen LogP contribution in [0.3, 0.4) is 0 Å². The zero-order valence-corrected chi connectivity index (χ0v) is 19.1. The van der Waals surface area contributed by atoms with Crippen LogP contribution in [-0.2, 0) is 9.57 Å². The summed E-state index contributed by atoms with van der Waals surface area (Å²) in [7, 11) is 0. The molecule has 1 N–H and O–H groups in total. The van der Waals surface area contributed by atoms with Gasteiger partial charge in [0.15, 0.2) is 5.75 Å². The molecule has 0 unspecified atom stereocenters. The van der Waals surface area contributed by atoms with E-state index in [1.54, 1.807) is 18.4 Å². The lowest BCUT2D eigenvalue weighted by molar-refractivity contribution is 0.0117. The summed E-state index contributed by atoms with van der Waals surface area (Å²) in [6.45, 7) is 6.98. The largest absolute Gasteiger partial charge is 0.499 e. The van der Waals surface area contributed by atoms with Crippen molar-refractivity contribution in [2.24, 2.45) is 0 Å². The van der Waals surface area contributed by atoms with Gasteiger partial charge in [-0.1, -0.05) is 46.4 Å². The van der Waals surface area contributed by atoms with Gasteiger partial charge in [-0.25, -0.2) is 0 Å². The monoisotopic (exact) mass is 471 g/mol. The molecule has 0 fully saturated rings. The van der Waals surface area contributed by atoms with Crippen LogP contribution in [0.25, 0.3) is 0 Å². The highest BCUT2D eigenvalue weighted by atomic mass is 35.5. The molecular weight excluding hydrogens is 448 g/mol. The second-order valence-corrected chi connectivity index (χ2v) is 7.84. The van der Waals surface area contributed by atoms with Crippen molar-refractivity contribution in [1.82, 2.24) is 5.48 Å². The number of benzene rings is 1. The molecule has 0 bridgehead atoms. The van der Waals surface area contributed by atoms with Gasteiger partial charge in [0, 0.05) is 12.1 Å². The molecule has 0 aliphatic carbocycles. The van der Waals surface area contributed by atoms with Crippen molar-refractivity contribution in [2.75, 3.05) is 19.8 Å². The van der Waals surface area contributed by atoms with Gasteiger partial charge in [0.1, 0.15) is 23.1 Å². The normalized spacial score (nSPS) is 11.4. The van der Waals surface area contributed by atoms with E-state index in [2.05, 4.69) is 5.48 Å². The van der Waals surface area contributed by atoms with Crippen molar-refractivity contribution < 1.29 is 19.0 Å². The summed E-state index contributed by atoms with van der Waals surface area (Å²) in [6.07, 6.45) is 4.84. The van der Waals surface area contributed by atoms with Crippen LogP contribution >= 0.6 is 46.4 Å². The molecule has 158 valence electrons. The maximum absolute atomic E-state index is 6.22. The van der Waals surface area contributed by atoms with Crippen molar-refractivity contribution in [2.45, 2.75) is 39.7 Å². The van der Waals surface area contributed by atoms with Crippen LogP contribution < -0.4 is 15.0 Å². The van der Waals surface area contributed by atoms with Crippen LogP contribution in [0.4, 0.5) is 0 Å². The van der Waals surface area contributed by atoms with Gasteiger partial charge >= 0.3 is 0 Å². The van der Waals surface area contributed by atoms with Crippen LogP contribution in [-0.4, -0.2) is 25.9 Å². The molecule has 0 atom stereocenters. The van der Waals surface area contributed by atoms with Crippen LogP contribution in [0.1, 0.15) is 33.6 Å². The van der Waals surface area contributed by atoms with Gasteiger partial charge in [-0.3, -0.25) is 10.3 Å². The van der Waals surface area contributed by atoms with Crippen molar-refractivity contribution in [3.63, 3.8) is 0 Å². The third-order valence-corrected chi connectivity index (χ3v) is 3.95. The molecule has 0 saturated heterocycles. The number of unbranched alkanes of at least 4 members (excludes halogenated alkanes) is 1. The molecule has 1 rings (SSSR count). The second kappa shape index (κ2) is 14.1. The van der Waals surface area contributed by atoms with E-state index in [1.165, 1.54) is 6.08 Å². The number of allylic oxidation sites excluding steroid dienone is 1. The van der Waals surface area contributed by atoms with Gasteiger partial charge < -0.3 is 14.2 Å². The minimum atomic E-state index is 0.0979. The Morgan fingerprint density at radius 3 is 2.32 bits per heavy atom. The number of hydrogen-bond acceptors (Lipinski definition) is 5. The summed E-state index contributed by atoms with van der Waals surface area (Å²) in [4.78, 5) is 5.24. The lowest BCUT2D eigenvalue weighted by Gasteiger charge is -2.12. The van der Waals surface area contributed by atoms with Crippen LogP contribution in [0.2, 0.25) is 10.0 Å². The molecule has 0 aromatic heterocycles. The molecule has 0 aliphatic heterocycles. The Bertz CT molecular complexity index is 638. The molecule has 0 radical (unpaired) electrons. The summed E-state index contributed by atoms with van der Waals surface area (Å²) in [5.74, 6) is 0.923. The van der Waals surface area contributed by atoms with Gasteiger partial charge in [0.25, 0.3) is 0 Å². The van der Waals surface area contributed by atoms with Crippen LogP contribution in [0, 0.1) is 0 Å². The summed E-state index contributed by atoms with van der Waals surface area (Å²) >= 11 is 23.5. The Morgan fingerprint density at radius 1 is 1.07 bits per heavy atom. The first-order valence-corrected chi connectivity index (χ1v) is 10.3. The highest BCUT2D eigenvalue weighted by Gasteiger charge is 2.10. The van der Waals surface area contributed by atoms with E-state index in [0.29, 0.717) is 34.8 Å². The Labute approximate surface area is 186 Å². The average Bonchev–Trinajstić information content (AvgIpc) is 2.60. The first-order valence-electron chi connectivity index (χ1n) is 8.75. The van der Waals surface area contributed by atoms with E-state index in [4.69, 9.17) is 65.5 Å². The lowest BCUT2D eigenvalue weighted by atomic mass is 10.3. The molecular formula is C19H25Cl4NO4. The maximum Gasteiger partial charge on any atom is 0.156 e. The molecule has 0 aliphatic rings. The van der Waals surface area contributed by atoms with E-state index in [-0.39, 0.29) is 17.2 Å². The summed E-state index contributed by atoms with van der Waals surface area (Å²) in [5.41, 5.74) is 3.60. The molecule has 1 aromatic rings. The molecule has 28 heavy (non-hydrogen) atoms. The number of hydroxylamine groups is 1. The first kappa shape index (κ1) is 25.1. The van der Waals surface area contributed by atoms with Gasteiger partial charge in [-0.2, -0.15) is 0 Å². The number of hydrogen-bond donors (Lipinski definition) is 1. The quantitative estimate of drug-likeness (QED) is 0.197. The fraction of sp³-hybridized carbons (Fsp3) is 0.474. The van der Waals surface area contributed by atoms with E-state index in [9.17, 15) is 0 Å². The van der Waals surface area contributed by atoms with Crippen molar-refractivity contribution >= 4 is 46.4 Å². The maximum atomic E-state index is 6.22. The van der Waals surface area contributed by atoms with Gasteiger partial charge in [-0.15, -0.1) is 0 Å². The zero-order chi connectivity index (χ0) is 20.9. The molecule has 0 heterocycles. The highest BCUT2D eigenvalue weighted by Crippen LogP contribution is 2.37. The molecule has 9 heteroatoms. The van der Waals surface area contributed by atoms with E-state index in [1.807, 2.05) is 20.8 Å². The topological polar surface area (TPSA) is 49.0 Å². The predicted molar refractivity (Wildman–Crippen MR) is 116 cm³/mol. The number of rotatable bonds is 13. The first-order chi connectivity index (χ1) is 13.3. The van der Waals surface area contributed by atoms with Gasteiger partial charge in [0.2, 0.25) is 0 Å². The number of halogens is 4. The molecule has 0 amide bonds. The Hall–Kier alpha value is -0.980. The average molecular weight is 473 g/mol. The minimum absolute atomic E-state index is 0.0979. The third kappa shape index (κ3) is 11.1. The second-order valence-electron chi connectivity index (χ2n) is 6.02. The van der Waals surface area contributed by atoms with Gasteiger partial charge in [-0.05, 0) is 39.7 Å².